The highest BCUT2D eigenvalue weighted by Gasteiger charge is 2.20. The number of rotatable bonds is 7. The summed E-state index contributed by atoms with van der Waals surface area (Å²) >= 11 is 0. The summed E-state index contributed by atoms with van der Waals surface area (Å²) in [5.41, 5.74) is -0.582. The molecule has 13 heteroatoms. The lowest BCUT2D eigenvalue weighted by molar-refractivity contribution is -0.121. The highest BCUT2D eigenvalue weighted by Crippen LogP contribution is 2.32. The molecule has 1 aliphatic heterocycles. The number of halogens is 1. The van der Waals surface area contributed by atoms with E-state index in [0.717, 1.165) is 26.9 Å². The number of nitrogens with one attached hydrogen (secondary N) is 1. The van der Waals surface area contributed by atoms with E-state index in [1.165, 1.54) is 19.2 Å². The molecular formula is C23H19FN6O6. The number of aryl methyl sites for hydroxylation is 1. The maximum absolute atomic E-state index is 13.3. The fourth-order valence-electron chi connectivity index (χ4n) is 3.48. The maximum Gasteiger partial charge on any atom is 0.351 e. The zero-order valence-electron chi connectivity index (χ0n) is 18.9. The number of carbonyl (C=O) groups is 1. The van der Waals surface area contributed by atoms with Crippen molar-refractivity contribution in [3.05, 3.63) is 80.6 Å². The Kier molecular flexibility index (Phi) is 6.02. The third-order valence-corrected chi connectivity index (χ3v) is 5.42. The summed E-state index contributed by atoms with van der Waals surface area (Å²) in [6.07, 6.45) is 0.185. The molecule has 0 unspecified atom stereocenters. The average Bonchev–Trinajstić information content (AvgIpc) is 3.55. The van der Waals surface area contributed by atoms with Crippen LogP contribution in [-0.2, 0) is 24.8 Å². The predicted molar refractivity (Wildman–Crippen MR) is 121 cm³/mol. The van der Waals surface area contributed by atoms with Crippen LogP contribution in [0.15, 0.2) is 56.6 Å². The van der Waals surface area contributed by atoms with Crippen LogP contribution in [0.5, 0.6) is 11.5 Å². The molecule has 1 N–H and O–H groups in total. The highest BCUT2D eigenvalue weighted by molar-refractivity contribution is 5.76. The Morgan fingerprint density at radius 1 is 1.11 bits per heavy atom. The van der Waals surface area contributed by atoms with Crippen molar-refractivity contribution in [3.63, 3.8) is 0 Å². The van der Waals surface area contributed by atoms with E-state index in [4.69, 9.17) is 14.0 Å². The smallest absolute Gasteiger partial charge is 0.351 e. The van der Waals surface area contributed by atoms with Crippen LogP contribution in [0.25, 0.3) is 17.2 Å². The minimum absolute atomic E-state index is 0.0622. The zero-order chi connectivity index (χ0) is 25.2. The fourth-order valence-corrected chi connectivity index (χ4v) is 3.48. The number of aromatic nitrogens is 5. The molecule has 3 heterocycles. The first-order valence-corrected chi connectivity index (χ1v) is 10.8. The van der Waals surface area contributed by atoms with Gasteiger partial charge in [-0.2, -0.15) is 14.8 Å². The average molecular weight is 494 g/mol. The first-order valence-electron chi connectivity index (χ1n) is 10.8. The second-order valence-electron chi connectivity index (χ2n) is 7.86. The van der Waals surface area contributed by atoms with Gasteiger partial charge in [0.1, 0.15) is 5.82 Å². The van der Waals surface area contributed by atoms with Gasteiger partial charge in [0.25, 0.3) is 5.56 Å². The van der Waals surface area contributed by atoms with Gasteiger partial charge < -0.3 is 19.3 Å². The first-order chi connectivity index (χ1) is 17.4. The van der Waals surface area contributed by atoms with Crippen molar-refractivity contribution in [1.82, 2.24) is 29.8 Å². The Bertz CT molecular complexity index is 1560. The second-order valence-corrected chi connectivity index (χ2v) is 7.86. The van der Waals surface area contributed by atoms with Crippen LogP contribution in [0.1, 0.15) is 17.9 Å². The Balaban J connectivity index is 1.26. The monoisotopic (exact) mass is 494 g/mol. The maximum atomic E-state index is 13.3. The third kappa shape index (κ3) is 4.58. The Hall–Kier alpha value is -4.81. The van der Waals surface area contributed by atoms with Crippen LogP contribution >= 0.6 is 0 Å². The normalized spacial score (nSPS) is 12.1. The summed E-state index contributed by atoms with van der Waals surface area (Å²) in [4.78, 5) is 41.6. The van der Waals surface area contributed by atoms with Gasteiger partial charge in [-0.3, -0.25) is 14.2 Å². The van der Waals surface area contributed by atoms with Crippen molar-refractivity contribution in [2.45, 2.75) is 19.4 Å². The minimum Gasteiger partial charge on any atom is -0.454 e. The molecule has 184 valence electrons. The van der Waals surface area contributed by atoms with E-state index >= 15 is 0 Å². The van der Waals surface area contributed by atoms with E-state index in [1.54, 1.807) is 12.1 Å². The van der Waals surface area contributed by atoms with Crippen molar-refractivity contribution in [1.29, 1.82) is 0 Å². The van der Waals surface area contributed by atoms with Gasteiger partial charge in [0.2, 0.25) is 24.4 Å². The van der Waals surface area contributed by atoms with Gasteiger partial charge in [0, 0.05) is 26.4 Å². The van der Waals surface area contributed by atoms with Crippen LogP contribution in [0, 0.1) is 5.82 Å². The van der Waals surface area contributed by atoms with Gasteiger partial charge in [0.05, 0.1) is 5.69 Å². The van der Waals surface area contributed by atoms with Crippen molar-refractivity contribution in [2.75, 3.05) is 6.79 Å². The lowest BCUT2D eigenvalue weighted by Gasteiger charge is -2.07. The van der Waals surface area contributed by atoms with Gasteiger partial charge >= 0.3 is 5.69 Å². The molecular weight excluding hydrogens is 475 g/mol. The molecule has 0 radical (unpaired) electrons. The molecule has 2 aromatic carbocycles. The van der Waals surface area contributed by atoms with Crippen LogP contribution in [-0.4, -0.2) is 37.2 Å². The lowest BCUT2D eigenvalue weighted by Crippen LogP contribution is -2.40. The molecule has 0 bridgehead atoms. The summed E-state index contributed by atoms with van der Waals surface area (Å²) in [7, 11) is 1.28. The zero-order valence-corrected chi connectivity index (χ0v) is 18.9. The number of hydrogen-bond acceptors (Lipinski definition) is 9. The molecule has 2 aromatic heterocycles. The fraction of sp³-hybridized carbons (Fsp3) is 0.217. The molecule has 5 rings (SSSR count). The van der Waals surface area contributed by atoms with E-state index in [2.05, 4.69) is 20.6 Å². The molecule has 0 saturated heterocycles. The number of nitrogens with zero attached hydrogens (tertiary/aromatic N) is 5. The molecule has 1 aliphatic rings. The van der Waals surface area contributed by atoms with Crippen LogP contribution in [0.2, 0.25) is 0 Å². The van der Waals surface area contributed by atoms with Gasteiger partial charge in [-0.25, -0.2) is 9.18 Å². The molecule has 1 amide bonds. The summed E-state index contributed by atoms with van der Waals surface area (Å²) in [5, 5.41) is 10.6. The van der Waals surface area contributed by atoms with E-state index in [9.17, 15) is 18.8 Å². The van der Waals surface area contributed by atoms with E-state index < -0.39 is 17.1 Å². The molecule has 12 nitrogen and oxygen atoms in total. The Morgan fingerprint density at radius 3 is 2.69 bits per heavy atom. The molecule has 36 heavy (non-hydrogen) atoms. The van der Waals surface area contributed by atoms with Crippen molar-refractivity contribution < 1.29 is 23.2 Å². The summed E-state index contributed by atoms with van der Waals surface area (Å²) < 4.78 is 30.8. The van der Waals surface area contributed by atoms with E-state index in [-0.39, 0.29) is 48.6 Å². The van der Waals surface area contributed by atoms with E-state index in [0.29, 0.717) is 18.0 Å². The topological polar surface area (TPSA) is 143 Å². The summed E-state index contributed by atoms with van der Waals surface area (Å²) in [6, 6.07) is 10.4. The van der Waals surface area contributed by atoms with Crippen LogP contribution in [0.3, 0.4) is 0 Å². The van der Waals surface area contributed by atoms with Crippen LogP contribution in [0.4, 0.5) is 4.39 Å². The SMILES string of the molecule is Cn1c(=O)c(-c2noc(CCC(=O)NCc3ccc4c(c3)OCO4)n2)nn(-c2ccc(F)cc2)c1=O. The number of fused-ring (bicyclic) bond motifs is 1. The summed E-state index contributed by atoms with van der Waals surface area (Å²) in [6.45, 7) is 0.474. The van der Waals surface area contributed by atoms with Gasteiger partial charge in [-0.1, -0.05) is 11.2 Å². The van der Waals surface area contributed by atoms with Crippen molar-refractivity contribution in [3.8, 4) is 28.7 Å². The van der Waals surface area contributed by atoms with Crippen molar-refractivity contribution >= 4 is 5.91 Å². The van der Waals surface area contributed by atoms with Crippen molar-refractivity contribution in [2.24, 2.45) is 7.05 Å². The van der Waals surface area contributed by atoms with Crippen LogP contribution < -0.4 is 26.0 Å². The molecule has 0 atom stereocenters. The summed E-state index contributed by atoms with van der Waals surface area (Å²) in [5.74, 6) is 0.542. The Morgan fingerprint density at radius 2 is 1.89 bits per heavy atom. The first kappa shape index (κ1) is 23.0. The largest absolute Gasteiger partial charge is 0.454 e. The highest BCUT2D eigenvalue weighted by atomic mass is 19.1. The minimum atomic E-state index is -0.729. The predicted octanol–water partition coefficient (Wildman–Crippen LogP) is 1.10. The van der Waals surface area contributed by atoms with Gasteiger partial charge in [-0.15, -0.1) is 0 Å². The second kappa shape index (κ2) is 9.44. The third-order valence-electron chi connectivity index (χ3n) is 5.42. The van der Waals surface area contributed by atoms with E-state index in [1.807, 2.05) is 6.07 Å². The number of carbonyl (C=O) groups excluding carboxylic acids is 1. The Labute approximate surface area is 201 Å². The van der Waals surface area contributed by atoms with Gasteiger partial charge in [-0.05, 0) is 42.0 Å². The quantitative estimate of drug-likeness (QED) is 0.399. The standard InChI is InChI=1S/C23H19FN6O6/c1-29-22(32)20(27-30(23(29)33)15-5-3-14(24)4-6-15)21-26-19(36-28-21)9-8-18(31)25-11-13-2-7-16-17(10-13)35-12-34-16/h2-7,10H,8-9,11-12H2,1H3,(H,25,31). The number of amides is 1. The van der Waals surface area contributed by atoms with Gasteiger partial charge in [0.15, 0.2) is 17.2 Å². The molecule has 0 spiro atoms. The number of benzene rings is 2. The molecule has 0 fully saturated rings. The lowest BCUT2D eigenvalue weighted by atomic mass is 10.2. The molecule has 0 aliphatic carbocycles. The molecule has 0 saturated carbocycles. The molecule has 4 aromatic rings. The number of ether oxygens (including phenoxy) is 2. The number of hydrogen-bond donors (Lipinski definition) is 1.